The van der Waals surface area contributed by atoms with Crippen LogP contribution in [0.25, 0.3) is 0 Å². The molecule has 0 aliphatic rings. The van der Waals surface area contributed by atoms with Crippen LogP contribution < -0.4 is 5.43 Å². The highest BCUT2D eigenvalue weighted by Crippen LogP contribution is 2.24. The van der Waals surface area contributed by atoms with Gasteiger partial charge in [0.25, 0.3) is 11.6 Å². The van der Waals surface area contributed by atoms with Crippen molar-refractivity contribution in [3.8, 4) is 0 Å². The zero-order valence-electron chi connectivity index (χ0n) is 11.0. The first-order valence-electron chi connectivity index (χ1n) is 6.01. The van der Waals surface area contributed by atoms with Gasteiger partial charge in [0.2, 0.25) is 0 Å². The molecule has 0 saturated heterocycles. The van der Waals surface area contributed by atoms with Crippen LogP contribution in [0.2, 0.25) is 10.0 Å². The molecule has 0 heterocycles. The first kappa shape index (κ1) is 15.9. The fourth-order valence-electron chi connectivity index (χ4n) is 1.67. The molecule has 0 atom stereocenters. The fourth-order valence-corrected chi connectivity index (χ4v) is 2.02. The largest absolute Gasteiger partial charge is 0.282 e. The number of para-hydroxylation sites is 1. The van der Waals surface area contributed by atoms with Gasteiger partial charge in [-0.3, -0.25) is 14.9 Å². The highest BCUT2D eigenvalue weighted by atomic mass is 35.5. The van der Waals surface area contributed by atoms with Gasteiger partial charge in [-0.05, 0) is 12.1 Å². The maximum Gasteiger partial charge on any atom is 0.282 e. The van der Waals surface area contributed by atoms with Gasteiger partial charge in [0, 0.05) is 11.6 Å². The topological polar surface area (TPSA) is 84.6 Å². The molecule has 0 aliphatic carbocycles. The van der Waals surface area contributed by atoms with Crippen LogP contribution in [0.5, 0.6) is 0 Å². The number of hydrazone groups is 1. The standard InChI is InChI=1S/C14H9Cl2N3O3/c15-11-6-3-4-9(13(11)16)8-17-18-14(20)10-5-1-2-7-12(10)19(21)22/h1-8H,(H,18,20)/b17-8-. The summed E-state index contributed by atoms with van der Waals surface area (Å²) in [5.74, 6) is -0.693. The first-order valence-corrected chi connectivity index (χ1v) is 6.77. The van der Waals surface area contributed by atoms with Crippen molar-refractivity contribution in [2.75, 3.05) is 0 Å². The normalized spacial score (nSPS) is 10.6. The van der Waals surface area contributed by atoms with Gasteiger partial charge >= 0.3 is 0 Å². The maximum atomic E-state index is 11.9. The maximum absolute atomic E-state index is 11.9. The Bertz CT molecular complexity index is 763. The van der Waals surface area contributed by atoms with E-state index < -0.39 is 10.8 Å². The molecule has 2 rings (SSSR count). The Labute approximate surface area is 135 Å². The van der Waals surface area contributed by atoms with Gasteiger partial charge in [-0.15, -0.1) is 0 Å². The molecular weight excluding hydrogens is 329 g/mol. The molecule has 1 amide bonds. The summed E-state index contributed by atoms with van der Waals surface area (Å²) < 4.78 is 0. The van der Waals surface area contributed by atoms with E-state index in [1.807, 2.05) is 0 Å². The zero-order chi connectivity index (χ0) is 16.1. The van der Waals surface area contributed by atoms with Crippen LogP contribution in [-0.2, 0) is 0 Å². The molecular formula is C14H9Cl2N3O3. The molecule has 0 saturated carbocycles. The lowest BCUT2D eigenvalue weighted by Crippen LogP contribution is -2.19. The first-order chi connectivity index (χ1) is 10.5. The average Bonchev–Trinajstić information content (AvgIpc) is 2.51. The van der Waals surface area contributed by atoms with Gasteiger partial charge in [-0.1, -0.05) is 47.5 Å². The van der Waals surface area contributed by atoms with Crippen molar-refractivity contribution in [2.45, 2.75) is 0 Å². The Morgan fingerprint density at radius 3 is 2.64 bits per heavy atom. The number of carbonyl (C=O) groups excluding carboxylic acids is 1. The van der Waals surface area contributed by atoms with E-state index in [9.17, 15) is 14.9 Å². The van der Waals surface area contributed by atoms with Gasteiger partial charge in [0.1, 0.15) is 5.56 Å². The van der Waals surface area contributed by atoms with Gasteiger partial charge in [0.05, 0.1) is 21.2 Å². The molecule has 112 valence electrons. The van der Waals surface area contributed by atoms with Crippen LogP contribution in [0.15, 0.2) is 47.6 Å². The minimum absolute atomic E-state index is 0.0816. The number of hydrogen-bond acceptors (Lipinski definition) is 4. The summed E-state index contributed by atoms with van der Waals surface area (Å²) in [6.45, 7) is 0. The highest BCUT2D eigenvalue weighted by molar-refractivity contribution is 6.43. The van der Waals surface area contributed by atoms with Crippen molar-refractivity contribution in [1.29, 1.82) is 0 Å². The number of hydrogen-bond donors (Lipinski definition) is 1. The number of nitrogens with zero attached hydrogens (tertiary/aromatic N) is 2. The van der Waals surface area contributed by atoms with E-state index in [2.05, 4.69) is 10.5 Å². The quantitative estimate of drug-likeness (QED) is 0.524. The third-order valence-corrected chi connectivity index (χ3v) is 3.53. The number of nitrogens with one attached hydrogen (secondary N) is 1. The molecule has 0 radical (unpaired) electrons. The number of carbonyl (C=O) groups is 1. The molecule has 1 N–H and O–H groups in total. The summed E-state index contributed by atoms with van der Waals surface area (Å²) >= 11 is 11.8. The Morgan fingerprint density at radius 2 is 1.91 bits per heavy atom. The summed E-state index contributed by atoms with van der Waals surface area (Å²) in [6, 6.07) is 10.5. The van der Waals surface area contributed by atoms with E-state index in [-0.39, 0.29) is 11.3 Å². The molecule has 8 heteroatoms. The van der Waals surface area contributed by atoms with Crippen molar-refractivity contribution in [1.82, 2.24) is 5.43 Å². The van der Waals surface area contributed by atoms with Gasteiger partial charge in [-0.25, -0.2) is 5.43 Å². The number of amides is 1. The van der Waals surface area contributed by atoms with Crippen LogP contribution in [-0.4, -0.2) is 17.0 Å². The molecule has 22 heavy (non-hydrogen) atoms. The molecule has 0 bridgehead atoms. The van der Waals surface area contributed by atoms with E-state index >= 15 is 0 Å². The molecule has 0 unspecified atom stereocenters. The molecule has 0 aromatic heterocycles. The zero-order valence-corrected chi connectivity index (χ0v) is 12.5. The third-order valence-electron chi connectivity index (χ3n) is 2.70. The van der Waals surface area contributed by atoms with Crippen molar-refractivity contribution < 1.29 is 9.72 Å². The van der Waals surface area contributed by atoms with E-state index in [1.54, 1.807) is 18.2 Å². The third kappa shape index (κ3) is 3.60. The fraction of sp³-hybridized carbons (Fsp3) is 0. The second-order valence-electron chi connectivity index (χ2n) is 4.12. The van der Waals surface area contributed by atoms with Crippen LogP contribution in [0, 0.1) is 10.1 Å². The summed E-state index contributed by atoms with van der Waals surface area (Å²) in [5, 5.41) is 15.2. The van der Waals surface area contributed by atoms with Crippen LogP contribution in [0.4, 0.5) is 5.69 Å². The van der Waals surface area contributed by atoms with E-state index in [1.165, 1.54) is 30.5 Å². The molecule has 2 aromatic carbocycles. The molecule has 2 aromatic rings. The van der Waals surface area contributed by atoms with Crippen molar-refractivity contribution in [3.63, 3.8) is 0 Å². The molecule has 6 nitrogen and oxygen atoms in total. The number of halogens is 2. The Hall–Kier alpha value is -2.44. The SMILES string of the molecule is O=C(N/N=C\c1cccc(Cl)c1Cl)c1ccccc1[N+](=O)[O-]. The second-order valence-corrected chi connectivity index (χ2v) is 4.90. The van der Waals surface area contributed by atoms with Crippen LogP contribution in [0.3, 0.4) is 0 Å². The van der Waals surface area contributed by atoms with Crippen LogP contribution in [0.1, 0.15) is 15.9 Å². The van der Waals surface area contributed by atoms with E-state index in [4.69, 9.17) is 23.2 Å². The number of nitro groups is 1. The molecule has 0 aliphatic heterocycles. The smallest absolute Gasteiger partial charge is 0.267 e. The van der Waals surface area contributed by atoms with Crippen molar-refractivity contribution in [2.24, 2.45) is 5.10 Å². The number of benzene rings is 2. The van der Waals surface area contributed by atoms with Gasteiger partial charge in [-0.2, -0.15) is 5.10 Å². The summed E-state index contributed by atoms with van der Waals surface area (Å²) in [6.07, 6.45) is 1.31. The lowest BCUT2D eigenvalue weighted by Gasteiger charge is -2.02. The lowest BCUT2D eigenvalue weighted by molar-refractivity contribution is -0.385. The summed E-state index contributed by atoms with van der Waals surface area (Å²) in [5.41, 5.74) is 2.35. The summed E-state index contributed by atoms with van der Waals surface area (Å²) in [7, 11) is 0. The predicted molar refractivity (Wildman–Crippen MR) is 84.6 cm³/mol. The Balaban J connectivity index is 2.15. The van der Waals surface area contributed by atoms with Crippen LogP contribution >= 0.6 is 23.2 Å². The number of rotatable bonds is 4. The lowest BCUT2D eigenvalue weighted by atomic mass is 10.2. The Morgan fingerprint density at radius 1 is 1.18 bits per heavy atom. The van der Waals surface area contributed by atoms with Gasteiger partial charge < -0.3 is 0 Å². The van der Waals surface area contributed by atoms with Crippen molar-refractivity contribution >= 4 is 41.0 Å². The van der Waals surface area contributed by atoms with Crippen molar-refractivity contribution in [3.05, 3.63) is 73.8 Å². The van der Waals surface area contributed by atoms with Gasteiger partial charge in [0.15, 0.2) is 0 Å². The Kier molecular flexibility index (Phi) is 5.08. The molecule has 0 fully saturated rings. The minimum Gasteiger partial charge on any atom is -0.267 e. The summed E-state index contributed by atoms with van der Waals surface area (Å²) in [4.78, 5) is 22.1. The highest BCUT2D eigenvalue weighted by Gasteiger charge is 2.18. The molecule has 0 spiro atoms. The van der Waals surface area contributed by atoms with E-state index in [0.717, 1.165) is 0 Å². The minimum atomic E-state index is -0.693. The average molecular weight is 338 g/mol. The predicted octanol–water partition coefficient (Wildman–Crippen LogP) is 3.67. The second kappa shape index (κ2) is 7.02. The number of nitro benzene ring substituents is 1. The monoisotopic (exact) mass is 337 g/mol. The van der Waals surface area contributed by atoms with E-state index in [0.29, 0.717) is 15.6 Å².